The van der Waals surface area contributed by atoms with E-state index in [2.05, 4.69) is 0 Å². The summed E-state index contributed by atoms with van der Waals surface area (Å²) in [4.78, 5) is 23.1. The summed E-state index contributed by atoms with van der Waals surface area (Å²) in [7, 11) is -3.86. The molecule has 0 aliphatic rings. The fourth-order valence-electron chi connectivity index (χ4n) is 3.14. The number of rotatable bonds is 6. The second-order valence-electron chi connectivity index (χ2n) is 6.65. The van der Waals surface area contributed by atoms with E-state index in [-0.39, 0.29) is 59.1 Å². The van der Waals surface area contributed by atoms with Crippen molar-refractivity contribution >= 4 is 29.7 Å². The van der Waals surface area contributed by atoms with E-state index in [4.69, 9.17) is 0 Å². The Labute approximate surface area is 209 Å². The van der Waals surface area contributed by atoms with Crippen LogP contribution in [-0.4, -0.2) is 17.6 Å². The Morgan fingerprint density at radius 1 is 0.857 bits per heavy atom. The van der Waals surface area contributed by atoms with Crippen molar-refractivity contribution < 1.29 is 83.5 Å². The molecular formula is C20H21Na2O5P. The maximum atomic E-state index is 14.3. The van der Waals surface area contributed by atoms with E-state index in [1.54, 1.807) is 38.1 Å². The second kappa shape index (κ2) is 11.1. The molecule has 1 unspecified atom stereocenters. The van der Waals surface area contributed by atoms with Crippen LogP contribution in [0.1, 0.15) is 28.7 Å². The maximum Gasteiger partial charge on any atom is 1.00 e. The van der Waals surface area contributed by atoms with Crippen LogP contribution in [0.3, 0.4) is 0 Å². The minimum atomic E-state index is -3.86. The van der Waals surface area contributed by atoms with E-state index in [9.17, 15) is 24.4 Å². The van der Waals surface area contributed by atoms with Crippen LogP contribution in [0.15, 0.2) is 36.4 Å². The third-order valence-electron chi connectivity index (χ3n) is 4.52. The zero-order valence-electron chi connectivity index (χ0n) is 17.2. The first-order valence-corrected chi connectivity index (χ1v) is 10.0. The van der Waals surface area contributed by atoms with Gasteiger partial charge in [-0.1, -0.05) is 35.4 Å². The molecule has 0 fully saturated rings. The van der Waals surface area contributed by atoms with Gasteiger partial charge in [0, 0.05) is 23.0 Å². The predicted octanol–water partition coefficient (Wildman–Crippen LogP) is -5.50. The molecule has 1 atom stereocenters. The van der Waals surface area contributed by atoms with Crippen LogP contribution in [0.25, 0.3) is 0 Å². The number of carboxylic acids is 2. The SMILES string of the molecule is Cc1ccc(C)c(P(=O)(c2cc(C)ccc2C)C(CC(=O)[O-])C(=O)[O-])c1.[Na+].[Na+]. The zero-order chi connectivity index (χ0) is 19.6. The van der Waals surface area contributed by atoms with Gasteiger partial charge in [0.05, 0.1) is 11.6 Å². The van der Waals surface area contributed by atoms with Crippen LogP contribution in [0, 0.1) is 27.7 Å². The van der Waals surface area contributed by atoms with E-state index in [1.807, 2.05) is 26.0 Å². The number of aliphatic carboxylic acids is 2. The topological polar surface area (TPSA) is 97.3 Å². The predicted molar refractivity (Wildman–Crippen MR) is 97.1 cm³/mol. The standard InChI is InChI=1S/C20H23O5P.2Na/c1-12-5-7-14(3)16(9-12)26(25,18(20(23)24)11-19(21)22)17-10-13(2)6-8-15(17)4;;/h5-10,18H,11H2,1-4H3,(H,21,22)(H,23,24);;/q;2*+1/p-2. The number of benzene rings is 2. The fraction of sp³-hybridized carbons (Fsp3) is 0.300. The molecular weight excluding hydrogens is 397 g/mol. The summed E-state index contributed by atoms with van der Waals surface area (Å²) < 4.78 is 14.3. The summed E-state index contributed by atoms with van der Waals surface area (Å²) >= 11 is 0. The monoisotopic (exact) mass is 418 g/mol. The molecule has 0 radical (unpaired) electrons. The van der Waals surface area contributed by atoms with Crippen molar-refractivity contribution in [3.63, 3.8) is 0 Å². The van der Waals surface area contributed by atoms with E-state index in [0.29, 0.717) is 21.7 Å². The molecule has 0 bridgehead atoms. The smallest absolute Gasteiger partial charge is 0.550 e. The summed E-state index contributed by atoms with van der Waals surface area (Å²) in [5.74, 6) is -3.23. The Kier molecular flexibility index (Phi) is 11.0. The quantitative estimate of drug-likeness (QED) is 0.345. The van der Waals surface area contributed by atoms with Crippen molar-refractivity contribution in [3.05, 3.63) is 58.7 Å². The van der Waals surface area contributed by atoms with Crippen LogP contribution in [-0.2, 0) is 14.2 Å². The van der Waals surface area contributed by atoms with E-state index in [1.165, 1.54) is 0 Å². The van der Waals surface area contributed by atoms with Crippen molar-refractivity contribution in [2.45, 2.75) is 39.8 Å². The maximum absolute atomic E-state index is 14.3. The Hall–Kier alpha value is -0.390. The van der Waals surface area contributed by atoms with Gasteiger partial charge in [0.2, 0.25) is 0 Å². The van der Waals surface area contributed by atoms with Crippen molar-refractivity contribution in [3.8, 4) is 0 Å². The minimum Gasteiger partial charge on any atom is -0.550 e. The molecule has 0 spiro atoms. The first-order valence-electron chi connectivity index (χ1n) is 8.23. The van der Waals surface area contributed by atoms with Gasteiger partial charge in [-0.15, -0.1) is 0 Å². The molecule has 0 saturated heterocycles. The van der Waals surface area contributed by atoms with E-state index in [0.717, 1.165) is 11.1 Å². The molecule has 138 valence electrons. The van der Waals surface area contributed by atoms with Crippen molar-refractivity contribution in [2.24, 2.45) is 0 Å². The number of carbonyl (C=O) groups excluding carboxylic acids is 2. The Bertz CT molecular complexity index is 871. The van der Waals surface area contributed by atoms with Gasteiger partial charge in [-0.25, -0.2) is 0 Å². The summed E-state index contributed by atoms with van der Waals surface area (Å²) in [6, 6.07) is 10.5. The van der Waals surface area contributed by atoms with Gasteiger partial charge in [-0.2, -0.15) is 0 Å². The number of aryl methyl sites for hydroxylation is 4. The van der Waals surface area contributed by atoms with Gasteiger partial charge >= 0.3 is 59.1 Å². The van der Waals surface area contributed by atoms with Gasteiger partial charge in [-0.3, -0.25) is 0 Å². The molecule has 8 heteroatoms. The minimum absolute atomic E-state index is 0. The van der Waals surface area contributed by atoms with Gasteiger partial charge in [-0.05, 0) is 51.0 Å². The van der Waals surface area contributed by atoms with Crippen molar-refractivity contribution in [1.82, 2.24) is 0 Å². The Balaban J connectivity index is 0.00000364. The van der Waals surface area contributed by atoms with Crippen LogP contribution in [0.2, 0.25) is 0 Å². The average molecular weight is 418 g/mol. The number of hydrogen-bond donors (Lipinski definition) is 0. The molecule has 0 N–H and O–H groups in total. The van der Waals surface area contributed by atoms with Gasteiger partial charge < -0.3 is 24.4 Å². The van der Waals surface area contributed by atoms with Crippen LogP contribution in [0.5, 0.6) is 0 Å². The number of carbonyl (C=O) groups is 2. The summed E-state index contributed by atoms with van der Waals surface area (Å²) in [5, 5.41) is 23.7. The summed E-state index contributed by atoms with van der Waals surface area (Å²) in [5.41, 5.74) is 1.20. The van der Waals surface area contributed by atoms with Crippen LogP contribution >= 0.6 is 7.14 Å². The molecule has 2 aromatic rings. The summed E-state index contributed by atoms with van der Waals surface area (Å²) in [6.07, 6.45) is -0.875. The third kappa shape index (κ3) is 5.82. The molecule has 28 heavy (non-hydrogen) atoms. The molecule has 0 saturated carbocycles. The van der Waals surface area contributed by atoms with Gasteiger partial charge in [0.15, 0.2) is 7.14 Å². The molecule has 0 heterocycles. The normalized spacial score (nSPS) is 11.7. The molecule has 0 aromatic heterocycles. The van der Waals surface area contributed by atoms with Crippen molar-refractivity contribution in [2.75, 3.05) is 0 Å². The van der Waals surface area contributed by atoms with E-state index >= 15 is 0 Å². The van der Waals surface area contributed by atoms with Crippen LogP contribution in [0.4, 0.5) is 0 Å². The number of hydrogen-bond acceptors (Lipinski definition) is 5. The Morgan fingerprint density at radius 2 is 1.25 bits per heavy atom. The molecule has 2 aromatic carbocycles. The second-order valence-corrected chi connectivity index (χ2v) is 9.55. The van der Waals surface area contributed by atoms with Crippen LogP contribution < -0.4 is 79.9 Å². The fourth-order valence-corrected chi connectivity index (χ4v) is 6.76. The molecule has 2 rings (SSSR count). The first-order chi connectivity index (χ1) is 12.1. The number of carboxylic acid groups (broad SMARTS) is 2. The van der Waals surface area contributed by atoms with Gasteiger partial charge in [0.25, 0.3) is 0 Å². The zero-order valence-corrected chi connectivity index (χ0v) is 22.1. The molecule has 0 amide bonds. The third-order valence-corrected chi connectivity index (χ3v) is 8.18. The molecule has 5 nitrogen and oxygen atoms in total. The molecule has 0 aliphatic heterocycles. The largest absolute Gasteiger partial charge is 1.00 e. The van der Waals surface area contributed by atoms with Gasteiger partial charge in [0.1, 0.15) is 0 Å². The molecule has 0 aliphatic carbocycles. The van der Waals surface area contributed by atoms with E-state index < -0.39 is 31.2 Å². The van der Waals surface area contributed by atoms with Crippen molar-refractivity contribution in [1.29, 1.82) is 0 Å². The summed E-state index contributed by atoms with van der Waals surface area (Å²) in [6.45, 7) is 7.09. The first kappa shape index (κ1) is 27.6. The Morgan fingerprint density at radius 3 is 1.57 bits per heavy atom. The average Bonchev–Trinajstić information content (AvgIpc) is 2.56.